The van der Waals surface area contributed by atoms with Crippen LogP contribution in [-0.2, 0) is 9.59 Å². The number of amides is 2. The minimum Gasteiger partial charge on any atom is -0.483 e. The molecule has 0 saturated carbocycles. The maximum absolute atomic E-state index is 12.5. The van der Waals surface area contributed by atoms with Crippen LogP contribution in [0.5, 0.6) is 5.75 Å². The van der Waals surface area contributed by atoms with E-state index < -0.39 is 5.63 Å². The van der Waals surface area contributed by atoms with Gasteiger partial charge < -0.3 is 19.4 Å². The van der Waals surface area contributed by atoms with Crippen molar-refractivity contribution in [2.24, 2.45) is 0 Å². The molecule has 2 amide bonds. The molecule has 31 heavy (non-hydrogen) atoms. The van der Waals surface area contributed by atoms with E-state index in [0.29, 0.717) is 16.9 Å². The van der Waals surface area contributed by atoms with Gasteiger partial charge in [0.2, 0.25) is 5.91 Å². The van der Waals surface area contributed by atoms with Crippen LogP contribution in [0.25, 0.3) is 11.0 Å². The zero-order valence-electron chi connectivity index (χ0n) is 18.4. The van der Waals surface area contributed by atoms with E-state index >= 15 is 0 Å². The highest BCUT2D eigenvalue weighted by atomic mass is 16.5. The smallest absolute Gasteiger partial charge is 0.336 e. The average Bonchev–Trinajstić information content (AvgIpc) is 2.70. The van der Waals surface area contributed by atoms with Crippen molar-refractivity contribution in [3.05, 3.63) is 69.1 Å². The first-order valence-corrected chi connectivity index (χ1v) is 9.93. The summed E-state index contributed by atoms with van der Waals surface area (Å²) in [5.74, 6) is -0.187. The molecule has 1 N–H and O–H groups in total. The molecule has 1 aromatic heterocycles. The standard InChI is InChI=1S/C24H26N2O5/c1-14-6-7-15(2)19(10-14)25-21(27)12-26(5)22(28)13-30-20-9-8-18-16(3)11-23(29)31-24(18)17(20)4/h6-11H,12-13H2,1-5H3,(H,25,27). The molecule has 0 fully saturated rings. The molecule has 1 heterocycles. The summed E-state index contributed by atoms with van der Waals surface area (Å²) in [6, 6.07) is 10.8. The van der Waals surface area contributed by atoms with E-state index in [-0.39, 0.29) is 25.0 Å². The van der Waals surface area contributed by atoms with Crippen LogP contribution in [0.3, 0.4) is 0 Å². The molecular formula is C24H26N2O5. The normalized spacial score (nSPS) is 10.7. The largest absolute Gasteiger partial charge is 0.483 e. The number of aryl methyl sites for hydroxylation is 4. The van der Waals surface area contributed by atoms with Crippen LogP contribution in [0.1, 0.15) is 22.3 Å². The second-order valence-corrected chi connectivity index (χ2v) is 7.72. The maximum atomic E-state index is 12.5. The molecule has 162 valence electrons. The lowest BCUT2D eigenvalue weighted by molar-refractivity contribution is -0.135. The topological polar surface area (TPSA) is 88.9 Å². The Bertz CT molecular complexity index is 1210. The van der Waals surface area contributed by atoms with Crippen LogP contribution < -0.4 is 15.7 Å². The number of ether oxygens (including phenoxy) is 1. The van der Waals surface area contributed by atoms with Crippen molar-refractivity contribution in [3.8, 4) is 5.75 Å². The van der Waals surface area contributed by atoms with Gasteiger partial charge in [0, 0.05) is 29.8 Å². The van der Waals surface area contributed by atoms with Gasteiger partial charge in [-0.2, -0.15) is 0 Å². The summed E-state index contributed by atoms with van der Waals surface area (Å²) in [4.78, 5) is 37.8. The summed E-state index contributed by atoms with van der Waals surface area (Å²) >= 11 is 0. The molecule has 0 unspecified atom stereocenters. The van der Waals surface area contributed by atoms with E-state index in [1.54, 1.807) is 26.1 Å². The first-order chi connectivity index (χ1) is 14.7. The summed E-state index contributed by atoms with van der Waals surface area (Å²) in [5.41, 5.74) is 4.17. The maximum Gasteiger partial charge on any atom is 0.336 e. The van der Waals surface area contributed by atoms with Crippen molar-refractivity contribution in [1.29, 1.82) is 0 Å². The fourth-order valence-electron chi connectivity index (χ4n) is 3.27. The fourth-order valence-corrected chi connectivity index (χ4v) is 3.27. The molecule has 0 radical (unpaired) electrons. The predicted molar refractivity (Wildman–Crippen MR) is 120 cm³/mol. The number of fused-ring (bicyclic) bond motifs is 1. The van der Waals surface area contributed by atoms with Gasteiger partial charge in [-0.25, -0.2) is 4.79 Å². The minimum atomic E-state index is -0.434. The molecule has 2 aromatic carbocycles. The Labute approximate surface area is 180 Å². The van der Waals surface area contributed by atoms with Gasteiger partial charge in [-0.15, -0.1) is 0 Å². The molecule has 0 bridgehead atoms. The monoisotopic (exact) mass is 422 g/mol. The van der Waals surface area contributed by atoms with Crippen LogP contribution in [-0.4, -0.2) is 36.9 Å². The summed E-state index contributed by atoms with van der Waals surface area (Å²) < 4.78 is 11.0. The number of carbonyl (C=O) groups is 2. The van der Waals surface area contributed by atoms with Crippen molar-refractivity contribution < 1.29 is 18.7 Å². The Morgan fingerprint density at radius 1 is 1.03 bits per heavy atom. The van der Waals surface area contributed by atoms with Gasteiger partial charge in [-0.05, 0) is 62.6 Å². The van der Waals surface area contributed by atoms with E-state index in [0.717, 1.165) is 27.8 Å². The summed E-state index contributed by atoms with van der Waals surface area (Å²) in [6.07, 6.45) is 0. The lowest BCUT2D eigenvalue weighted by atomic mass is 10.1. The first-order valence-electron chi connectivity index (χ1n) is 9.93. The van der Waals surface area contributed by atoms with Gasteiger partial charge in [0.25, 0.3) is 5.91 Å². The molecule has 7 nitrogen and oxygen atoms in total. The Hall–Kier alpha value is -3.61. The molecule has 0 spiro atoms. The van der Waals surface area contributed by atoms with Gasteiger partial charge in [0.05, 0.1) is 6.54 Å². The number of rotatable bonds is 6. The van der Waals surface area contributed by atoms with Crippen molar-refractivity contribution >= 4 is 28.5 Å². The minimum absolute atomic E-state index is 0.0969. The Morgan fingerprint density at radius 2 is 1.77 bits per heavy atom. The number of benzene rings is 2. The predicted octanol–water partition coefficient (Wildman–Crippen LogP) is 3.50. The lowest BCUT2D eigenvalue weighted by Crippen LogP contribution is -2.37. The summed E-state index contributed by atoms with van der Waals surface area (Å²) in [6.45, 7) is 7.12. The number of likely N-dealkylation sites (N-methyl/N-ethyl adjacent to an activating group) is 1. The highest BCUT2D eigenvalue weighted by Gasteiger charge is 2.16. The highest BCUT2D eigenvalue weighted by molar-refractivity contribution is 5.95. The van der Waals surface area contributed by atoms with Crippen LogP contribution in [0.2, 0.25) is 0 Å². The van der Waals surface area contributed by atoms with Crippen molar-refractivity contribution in [2.75, 3.05) is 25.5 Å². The van der Waals surface area contributed by atoms with Gasteiger partial charge in [0.1, 0.15) is 11.3 Å². The van der Waals surface area contributed by atoms with Gasteiger partial charge in [-0.3, -0.25) is 9.59 Å². The third-order valence-electron chi connectivity index (χ3n) is 5.14. The number of nitrogens with one attached hydrogen (secondary N) is 1. The summed E-state index contributed by atoms with van der Waals surface area (Å²) in [7, 11) is 1.55. The zero-order chi connectivity index (χ0) is 22.7. The van der Waals surface area contributed by atoms with Crippen molar-refractivity contribution in [2.45, 2.75) is 27.7 Å². The van der Waals surface area contributed by atoms with Crippen LogP contribution in [0.15, 0.2) is 45.6 Å². The third-order valence-corrected chi connectivity index (χ3v) is 5.14. The second-order valence-electron chi connectivity index (χ2n) is 7.72. The third kappa shape index (κ3) is 5.12. The Kier molecular flexibility index (Phi) is 6.44. The average molecular weight is 422 g/mol. The van der Waals surface area contributed by atoms with Crippen molar-refractivity contribution in [1.82, 2.24) is 4.90 Å². The highest BCUT2D eigenvalue weighted by Crippen LogP contribution is 2.28. The molecule has 3 aromatic rings. The SMILES string of the molecule is Cc1ccc(C)c(NC(=O)CN(C)C(=O)COc2ccc3c(C)cc(=O)oc3c2C)c1. The van der Waals surface area contributed by atoms with E-state index in [1.807, 2.05) is 39.0 Å². The number of nitrogens with zero attached hydrogens (tertiary/aromatic N) is 1. The molecule has 0 saturated heterocycles. The van der Waals surface area contributed by atoms with E-state index in [9.17, 15) is 14.4 Å². The molecule has 0 atom stereocenters. The van der Waals surface area contributed by atoms with E-state index in [2.05, 4.69) is 5.32 Å². The Balaban J connectivity index is 1.62. The number of carbonyl (C=O) groups excluding carboxylic acids is 2. The molecule has 7 heteroatoms. The van der Waals surface area contributed by atoms with Gasteiger partial charge >= 0.3 is 5.63 Å². The number of hydrogen-bond donors (Lipinski definition) is 1. The Morgan fingerprint density at radius 3 is 2.52 bits per heavy atom. The van der Waals surface area contributed by atoms with Gasteiger partial charge in [-0.1, -0.05) is 12.1 Å². The van der Waals surface area contributed by atoms with E-state index in [1.165, 1.54) is 11.0 Å². The van der Waals surface area contributed by atoms with E-state index in [4.69, 9.17) is 9.15 Å². The zero-order valence-corrected chi connectivity index (χ0v) is 18.4. The number of anilines is 1. The molecule has 3 rings (SSSR count). The first kappa shape index (κ1) is 22.1. The second kappa shape index (κ2) is 9.04. The van der Waals surface area contributed by atoms with Crippen LogP contribution in [0, 0.1) is 27.7 Å². The van der Waals surface area contributed by atoms with Crippen LogP contribution in [0.4, 0.5) is 5.69 Å². The summed E-state index contributed by atoms with van der Waals surface area (Å²) in [5, 5.41) is 3.65. The van der Waals surface area contributed by atoms with Crippen LogP contribution >= 0.6 is 0 Å². The van der Waals surface area contributed by atoms with Crippen molar-refractivity contribution in [3.63, 3.8) is 0 Å². The molecule has 0 aliphatic rings. The number of hydrogen-bond acceptors (Lipinski definition) is 5. The lowest BCUT2D eigenvalue weighted by Gasteiger charge is -2.18. The molecule has 0 aliphatic carbocycles. The fraction of sp³-hybridized carbons (Fsp3) is 0.292. The quantitative estimate of drug-likeness (QED) is 0.614. The molecular weight excluding hydrogens is 396 g/mol. The van der Waals surface area contributed by atoms with Gasteiger partial charge in [0.15, 0.2) is 6.61 Å². The molecule has 0 aliphatic heterocycles.